The standard InChI is InChI=1S/C16H19N3O2/c1-10(16(3,4)9-17)21-15(20)12-6-7-14-13(8-12)18-11(2)19(14)5/h6-8,10H,1-5H3/t10-/m0/s1. The molecule has 0 saturated heterocycles. The van der Waals surface area contributed by atoms with Crippen molar-refractivity contribution >= 4 is 17.0 Å². The highest BCUT2D eigenvalue weighted by Gasteiger charge is 2.29. The molecule has 1 heterocycles. The zero-order valence-corrected chi connectivity index (χ0v) is 13.0. The van der Waals surface area contributed by atoms with E-state index in [2.05, 4.69) is 11.1 Å². The molecule has 1 aromatic heterocycles. The van der Waals surface area contributed by atoms with E-state index >= 15 is 0 Å². The summed E-state index contributed by atoms with van der Waals surface area (Å²) < 4.78 is 7.35. The maximum Gasteiger partial charge on any atom is 0.338 e. The fourth-order valence-electron chi connectivity index (χ4n) is 1.91. The molecule has 5 nitrogen and oxygen atoms in total. The molecule has 0 bridgehead atoms. The van der Waals surface area contributed by atoms with Gasteiger partial charge in [0.25, 0.3) is 0 Å². The Morgan fingerprint density at radius 2 is 2.14 bits per heavy atom. The van der Waals surface area contributed by atoms with Crippen LogP contribution >= 0.6 is 0 Å². The van der Waals surface area contributed by atoms with E-state index < -0.39 is 17.5 Å². The lowest BCUT2D eigenvalue weighted by molar-refractivity contribution is 0.0129. The first-order chi connectivity index (χ1) is 9.76. The fraction of sp³-hybridized carbons (Fsp3) is 0.438. The first kappa shape index (κ1) is 15.0. The maximum atomic E-state index is 12.2. The predicted octanol–water partition coefficient (Wildman–Crippen LogP) is 2.98. The number of benzene rings is 1. The van der Waals surface area contributed by atoms with Crippen LogP contribution in [0, 0.1) is 23.7 Å². The largest absolute Gasteiger partial charge is 0.457 e. The highest BCUT2D eigenvalue weighted by atomic mass is 16.5. The van der Waals surface area contributed by atoms with Crippen molar-refractivity contribution in [3.05, 3.63) is 29.6 Å². The Hall–Kier alpha value is -2.35. The van der Waals surface area contributed by atoms with E-state index in [1.165, 1.54) is 0 Å². The van der Waals surface area contributed by atoms with Crippen LogP contribution in [0.1, 0.15) is 37.0 Å². The van der Waals surface area contributed by atoms with Gasteiger partial charge in [-0.15, -0.1) is 0 Å². The number of imidazole rings is 1. The van der Waals surface area contributed by atoms with Gasteiger partial charge in [-0.05, 0) is 45.9 Å². The number of aryl methyl sites for hydroxylation is 2. The number of rotatable bonds is 3. The van der Waals surface area contributed by atoms with Gasteiger partial charge in [0.2, 0.25) is 0 Å². The van der Waals surface area contributed by atoms with Crippen LogP contribution in [0.25, 0.3) is 11.0 Å². The summed E-state index contributed by atoms with van der Waals surface area (Å²) in [6.45, 7) is 7.13. The second-order valence-electron chi connectivity index (χ2n) is 5.80. The Balaban J connectivity index is 2.26. The lowest BCUT2D eigenvalue weighted by Gasteiger charge is -2.24. The van der Waals surface area contributed by atoms with E-state index in [4.69, 9.17) is 10.00 Å². The lowest BCUT2D eigenvalue weighted by atomic mass is 9.89. The van der Waals surface area contributed by atoms with Gasteiger partial charge in [-0.2, -0.15) is 5.26 Å². The number of fused-ring (bicyclic) bond motifs is 1. The van der Waals surface area contributed by atoms with Crippen molar-refractivity contribution in [3.8, 4) is 6.07 Å². The maximum absolute atomic E-state index is 12.2. The Kier molecular flexibility index (Phi) is 3.73. The predicted molar refractivity (Wildman–Crippen MR) is 79.7 cm³/mol. The molecule has 2 aromatic rings. The highest BCUT2D eigenvalue weighted by Crippen LogP contribution is 2.23. The molecule has 0 saturated carbocycles. The minimum absolute atomic E-state index is 0.434. The number of hydrogen-bond donors (Lipinski definition) is 0. The number of aromatic nitrogens is 2. The zero-order chi connectivity index (χ0) is 15.8. The number of ether oxygens (including phenoxy) is 1. The molecule has 0 amide bonds. The first-order valence-corrected chi connectivity index (χ1v) is 6.81. The summed E-state index contributed by atoms with van der Waals surface area (Å²) in [6.07, 6.45) is -0.490. The van der Waals surface area contributed by atoms with Gasteiger partial charge in [-0.25, -0.2) is 9.78 Å². The Bertz CT molecular complexity index is 738. The third-order valence-electron chi connectivity index (χ3n) is 3.93. The van der Waals surface area contributed by atoms with Crippen molar-refractivity contribution in [1.29, 1.82) is 5.26 Å². The molecule has 0 N–H and O–H groups in total. The van der Waals surface area contributed by atoms with Crippen LogP contribution < -0.4 is 0 Å². The van der Waals surface area contributed by atoms with E-state index in [-0.39, 0.29) is 0 Å². The Morgan fingerprint density at radius 3 is 2.76 bits per heavy atom. The molecule has 0 aliphatic rings. The topological polar surface area (TPSA) is 67.9 Å². The molecule has 0 fully saturated rings. The van der Waals surface area contributed by atoms with Crippen LogP contribution in [0.2, 0.25) is 0 Å². The van der Waals surface area contributed by atoms with Gasteiger partial charge < -0.3 is 9.30 Å². The number of esters is 1. The molecule has 5 heteroatoms. The molecule has 0 unspecified atom stereocenters. The Labute approximate surface area is 124 Å². The quantitative estimate of drug-likeness (QED) is 0.813. The second-order valence-corrected chi connectivity index (χ2v) is 5.80. The third kappa shape index (κ3) is 2.75. The molecular weight excluding hydrogens is 266 g/mol. The lowest BCUT2D eigenvalue weighted by Crippen LogP contribution is -2.30. The summed E-state index contributed by atoms with van der Waals surface area (Å²) in [5.41, 5.74) is 1.45. The molecule has 2 rings (SSSR count). The van der Waals surface area contributed by atoms with E-state index in [9.17, 15) is 4.79 Å². The minimum atomic E-state index is -0.721. The number of carbonyl (C=O) groups excluding carboxylic acids is 1. The van der Waals surface area contributed by atoms with Crippen molar-refractivity contribution in [2.75, 3.05) is 0 Å². The van der Waals surface area contributed by atoms with E-state index in [0.29, 0.717) is 5.56 Å². The molecule has 0 aliphatic heterocycles. The van der Waals surface area contributed by atoms with Crippen molar-refractivity contribution in [2.24, 2.45) is 12.5 Å². The summed E-state index contributed by atoms with van der Waals surface area (Å²) in [6, 6.07) is 7.44. The number of nitrogens with zero attached hydrogens (tertiary/aromatic N) is 3. The first-order valence-electron chi connectivity index (χ1n) is 6.81. The van der Waals surface area contributed by atoms with Gasteiger partial charge in [-0.3, -0.25) is 0 Å². The van der Waals surface area contributed by atoms with Crippen molar-refractivity contribution in [2.45, 2.75) is 33.8 Å². The van der Waals surface area contributed by atoms with E-state index in [0.717, 1.165) is 16.9 Å². The molecule has 1 atom stereocenters. The number of carbonyl (C=O) groups is 1. The van der Waals surface area contributed by atoms with E-state index in [1.54, 1.807) is 32.9 Å². The number of hydrogen-bond acceptors (Lipinski definition) is 4. The number of nitriles is 1. The minimum Gasteiger partial charge on any atom is -0.457 e. The van der Waals surface area contributed by atoms with Gasteiger partial charge in [0, 0.05) is 7.05 Å². The fourth-order valence-corrected chi connectivity index (χ4v) is 1.91. The van der Waals surface area contributed by atoms with Crippen molar-refractivity contribution in [1.82, 2.24) is 9.55 Å². The monoisotopic (exact) mass is 285 g/mol. The highest BCUT2D eigenvalue weighted by molar-refractivity contribution is 5.93. The summed E-state index contributed by atoms with van der Waals surface area (Å²) in [4.78, 5) is 16.6. The smallest absolute Gasteiger partial charge is 0.338 e. The van der Waals surface area contributed by atoms with E-state index in [1.807, 2.05) is 24.6 Å². The average molecular weight is 285 g/mol. The molecule has 0 aliphatic carbocycles. The SMILES string of the molecule is Cc1nc2cc(C(=O)O[C@@H](C)C(C)(C)C#N)ccc2n1C. The molecule has 0 radical (unpaired) electrons. The van der Waals surface area contributed by atoms with Crippen molar-refractivity contribution in [3.63, 3.8) is 0 Å². The van der Waals surface area contributed by atoms with Crippen LogP contribution in [-0.2, 0) is 11.8 Å². The van der Waals surface area contributed by atoms with Gasteiger partial charge in [0.05, 0.1) is 28.1 Å². The van der Waals surface area contributed by atoms with Crippen molar-refractivity contribution < 1.29 is 9.53 Å². The van der Waals surface area contributed by atoms with Crippen LogP contribution in [-0.4, -0.2) is 21.6 Å². The van der Waals surface area contributed by atoms with Gasteiger partial charge in [0.1, 0.15) is 11.9 Å². The average Bonchev–Trinajstić information content (AvgIpc) is 2.73. The van der Waals surface area contributed by atoms with Gasteiger partial charge in [0.15, 0.2) is 0 Å². The van der Waals surface area contributed by atoms with Crippen LogP contribution in [0.3, 0.4) is 0 Å². The molecule has 110 valence electrons. The summed E-state index contributed by atoms with van der Waals surface area (Å²) in [5.74, 6) is 0.450. The summed E-state index contributed by atoms with van der Waals surface area (Å²) in [7, 11) is 1.93. The molecular formula is C16H19N3O2. The third-order valence-corrected chi connectivity index (χ3v) is 3.93. The molecule has 0 spiro atoms. The summed E-state index contributed by atoms with van der Waals surface area (Å²) >= 11 is 0. The van der Waals surface area contributed by atoms with Crippen LogP contribution in [0.4, 0.5) is 0 Å². The zero-order valence-electron chi connectivity index (χ0n) is 13.0. The molecule has 21 heavy (non-hydrogen) atoms. The Morgan fingerprint density at radius 1 is 1.48 bits per heavy atom. The van der Waals surface area contributed by atoms with Gasteiger partial charge in [-0.1, -0.05) is 0 Å². The van der Waals surface area contributed by atoms with Gasteiger partial charge >= 0.3 is 5.97 Å². The summed E-state index contributed by atoms with van der Waals surface area (Å²) in [5, 5.41) is 9.07. The van der Waals surface area contributed by atoms with Crippen LogP contribution in [0.15, 0.2) is 18.2 Å². The van der Waals surface area contributed by atoms with Crippen LogP contribution in [0.5, 0.6) is 0 Å². The normalized spacial score (nSPS) is 13.0. The second kappa shape index (κ2) is 5.21. The molecule has 1 aromatic carbocycles.